The van der Waals surface area contributed by atoms with Crippen molar-refractivity contribution in [3.8, 4) is 0 Å². The molecule has 2 atom stereocenters. The Kier molecular flexibility index (Phi) is 7.91. The minimum absolute atomic E-state index is 0.133. The number of carbonyl (C=O) groups is 2. The van der Waals surface area contributed by atoms with Gasteiger partial charge in [-0.3, -0.25) is 14.6 Å². The second-order valence-corrected chi connectivity index (χ2v) is 9.88. The molecule has 198 valence electrons. The molecule has 1 aliphatic carbocycles. The van der Waals surface area contributed by atoms with E-state index in [4.69, 9.17) is 17.3 Å². The van der Waals surface area contributed by atoms with Crippen molar-refractivity contribution in [1.29, 1.82) is 0 Å². The van der Waals surface area contributed by atoms with E-state index in [1.54, 1.807) is 4.90 Å². The zero-order valence-electron chi connectivity index (χ0n) is 20.2. The lowest BCUT2D eigenvalue weighted by Crippen LogP contribution is -2.55. The first kappa shape index (κ1) is 26.7. The lowest BCUT2D eigenvalue weighted by atomic mass is 9.99. The van der Waals surface area contributed by atoms with Gasteiger partial charge >= 0.3 is 6.18 Å². The Bertz CT molecular complexity index is 1240. The molecule has 12 heteroatoms. The molecule has 4 N–H and O–H groups in total. The van der Waals surface area contributed by atoms with Gasteiger partial charge in [-0.05, 0) is 49.4 Å². The normalized spacial score (nSPS) is 20.9. The summed E-state index contributed by atoms with van der Waals surface area (Å²) >= 11 is 6.10. The molecule has 2 aliphatic rings. The first-order valence-electron chi connectivity index (χ1n) is 12.0. The maximum atomic E-state index is 13.5. The van der Waals surface area contributed by atoms with E-state index in [-0.39, 0.29) is 35.8 Å². The molecule has 37 heavy (non-hydrogen) atoms. The number of aliphatic imine (C=N–C) groups is 1. The van der Waals surface area contributed by atoms with Crippen molar-refractivity contribution in [3.05, 3.63) is 46.8 Å². The van der Waals surface area contributed by atoms with Gasteiger partial charge in [0.1, 0.15) is 5.69 Å². The molecule has 1 saturated carbocycles. The lowest BCUT2D eigenvalue weighted by Gasteiger charge is -2.38. The van der Waals surface area contributed by atoms with Crippen LogP contribution in [-0.4, -0.2) is 59.6 Å². The number of amides is 2. The summed E-state index contributed by atoms with van der Waals surface area (Å²) in [7, 11) is 0. The number of piperidine rings is 1. The maximum absolute atomic E-state index is 13.5. The van der Waals surface area contributed by atoms with Crippen LogP contribution < -0.4 is 16.4 Å². The van der Waals surface area contributed by atoms with E-state index in [2.05, 4.69) is 20.6 Å². The number of benzene rings is 1. The summed E-state index contributed by atoms with van der Waals surface area (Å²) in [6.07, 6.45) is 0.597. The Morgan fingerprint density at radius 1 is 1.24 bits per heavy atom. The summed E-state index contributed by atoms with van der Waals surface area (Å²) in [5, 5.41) is 6.79. The quantitative estimate of drug-likeness (QED) is 0.368. The average Bonchev–Trinajstić information content (AvgIpc) is 3.65. The molecular weight excluding hydrogens is 509 g/mol. The molecule has 1 saturated heterocycles. The number of anilines is 1. The van der Waals surface area contributed by atoms with Crippen molar-refractivity contribution in [1.82, 2.24) is 15.2 Å². The SMILES string of the molecule is CC(=O)N1C[C@@H](NC(=O)/C(C=NCC2CC2)=C/N)C[C@@H](Nc2cc(C(F)(F)F)nc3ccc(Cl)cc23)C1. The summed E-state index contributed by atoms with van der Waals surface area (Å²) in [6, 6.07) is 4.45. The predicted octanol–water partition coefficient (Wildman–Crippen LogP) is 3.75. The van der Waals surface area contributed by atoms with Crippen LogP contribution in [0.1, 0.15) is 31.9 Å². The minimum Gasteiger partial charge on any atom is -0.404 e. The fourth-order valence-electron chi connectivity index (χ4n) is 4.29. The summed E-state index contributed by atoms with van der Waals surface area (Å²) in [6.45, 7) is 2.55. The molecule has 2 fully saturated rings. The fraction of sp³-hybridized carbons (Fsp3) is 0.440. The molecule has 2 aromatic rings. The number of fused-ring (bicyclic) bond motifs is 1. The number of hydrogen-bond donors (Lipinski definition) is 3. The molecule has 2 heterocycles. The Labute approximate surface area is 217 Å². The lowest BCUT2D eigenvalue weighted by molar-refractivity contribution is -0.141. The molecule has 0 radical (unpaired) electrons. The van der Waals surface area contributed by atoms with Crippen LogP contribution in [0.15, 0.2) is 41.0 Å². The number of nitrogens with zero attached hydrogens (tertiary/aromatic N) is 3. The van der Waals surface area contributed by atoms with E-state index >= 15 is 0 Å². The van der Waals surface area contributed by atoms with E-state index in [1.165, 1.54) is 37.5 Å². The van der Waals surface area contributed by atoms with Crippen LogP contribution in [0, 0.1) is 5.92 Å². The third kappa shape index (κ3) is 6.91. The molecule has 1 aliphatic heterocycles. The van der Waals surface area contributed by atoms with Gasteiger partial charge in [0.2, 0.25) is 5.91 Å². The van der Waals surface area contributed by atoms with E-state index in [9.17, 15) is 22.8 Å². The van der Waals surface area contributed by atoms with Gasteiger partial charge in [-0.2, -0.15) is 13.2 Å². The smallest absolute Gasteiger partial charge is 0.404 e. The number of carbonyl (C=O) groups excluding carboxylic acids is 2. The number of halogens is 4. The van der Waals surface area contributed by atoms with Gasteiger partial charge in [0.15, 0.2) is 0 Å². The number of pyridine rings is 1. The van der Waals surface area contributed by atoms with Gasteiger partial charge in [-0.25, -0.2) is 4.98 Å². The average molecular weight is 537 g/mol. The van der Waals surface area contributed by atoms with Crippen LogP contribution in [0.25, 0.3) is 10.9 Å². The number of aromatic nitrogens is 1. The Morgan fingerprint density at radius 3 is 2.62 bits per heavy atom. The number of alkyl halides is 3. The van der Waals surface area contributed by atoms with Crippen molar-refractivity contribution in [3.63, 3.8) is 0 Å². The third-order valence-corrected chi connectivity index (χ3v) is 6.62. The van der Waals surface area contributed by atoms with E-state index < -0.39 is 29.9 Å². The molecule has 4 rings (SSSR count). The van der Waals surface area contributed by atoms with Crippen LogP contribution in [-0.2, 0) is 15.8 Å². The van der Waals surface area contributed by atoms with Crippen LogP contribution in [0.4, 0.5) is 18.9 Å². The van der Waals surface area contributed by atoms with Crippen LogP contribution >= 0.6 is 11.6 Å². The summed E-state index contributed by atoms with van der Waals surface area (Å²) in [4.78, 5) is 34.6. The monoisotopic (exact) mass is 536 g/mol. The van der Waals surface area contributed by atoms with Crippen LogP contribution in [0.5, 0.6) is 0 Å². The summed E-state index contributed by atoms with van der Waals surface area (Å²) in [5.74, 6) is -0.0914. The first-order valence-corrected chi connectivity index (χ1v) is 12.3. The van der Waals surface area contributed by atoms with Gasteiger partial charge in [0.05, 0.1) is 11.1 Å². The van der Waals surface area contributed by atoms with Gasteiger partial charge in [0, 0.05) is 67.2 Å². The zero-order chi connectivity index (χ0) is 26.7. The van der Waals surface area contributed by atoms with Crippen molar-refractivity contribution < 1.29 is 22.8 Å². The van der Waals surface area contributed by atoms with Gasteiger partial charge in [0.25, 0.3) is 5.91 Å². The molecule has 0 bridgehead atoms. The molecule has 0 spiro atoms. The summed E-state index contributed by atoms with van der Waals surface area (Å²) < 4.78 is 40.6. The second kappa shape index (κ2) is 11.0. The van der Waals surface area contributed by atoms with E-state index in [0.717, 1.165) is 18.9 Å². The van der Waals surface area contributed by atoms with Crippen LogP contribution in [0.3, 0.4) is 0 Å². The van der Waals surface area contributed by atoms with E-state index in [0.29, 0.717) is 29.3 Å². The molecule has 8 nitrogen and oxygen atoms in total. The van der Waals surface area contributed by atoms with Crippen molar-refractivity contribution in [2.45, 2.75) is 44.4 Å². The van der Waals surface area contributed by atoms with Gasteiger partial charge in [-0.15, -0.1) is 0 Å². The minimum atomic E-state index is -4.65. The largest absolute Gasteiger partial charge is 0.433 e. The van der Waals surface area contributed by atoms with Gasteiger partial charge in [-0.1, -0.05) is 11.6 Å². The third-order valence-electron chi connectivity index (χ3n) is 6.38. The molecular formula is C25H28ClF3N6O2. The Hall–Kier alpha value is -3.34. The first-order chi connectivity index (χ1) is 17.5. The highest BCUT2D eigenvalue weighted by Gasteiger charge is 2.35. The number of likely N-dealkylation sites (tertiary alicyclic amines) is 1. The van der Waals surface area contributed by atoms with Gasteiger partial charge < -0.3 is 21.3 Å². The number of nitrogens with two attached hydrogens (primary N) is 1. The topological polar surface area (TPSA) is 113 Å². The fourth-order valence-corrected chi connectivity index (χ4v) is 4.47. The highest BCUT2D eigenvalue weighted by atomic mass is 35.5. The van der Waals surface area contributed by atoms with Crippen molar-refractivity contribution in [2.75, 3.05) is 25.0 Å². The zero-order valence-corrected chi connectivity index (χ0v) is 20.9. The standard InChI is InChI=1S/C25H28ClF3N6O2/c1-14(36)35-12-18(7-19(13-35)33-24(37)16(9-30)11-31-10-15-2-3-15)32-22-8-23(25(27,28)29)34-21-5-4-17(26)6-20(21)22/h4-6,8-9,11,15,18-19H,2-3,7,10,12-13,30H2,1H3,(H,32,34)(H,33,37)/b16-9+,31-11?/t18-,19+/m1/s1. The maximum Gasteiger partial charge on any atom is 0.433 e. The molecule has 1 aromatic carbocycles. The number of hydrogen-bond acceptors (Lipinski definition) is 6. The number of rotatable bonds is 7. The molecule has 1 aromatic heterocycles. The Balaban J connectivity index is 1.55. The Morgan fingerprint density at radius 2 is 1.97 bits per heavy atom. The van der Waals surface area contributed by atoms with Crippen LogP contribution in [0.2, 0.25) is 5.02 Å². The highest BCUT2D eigenvalue weighted by Crippen LogP contribution is 2.35. The predicted molar refractivity (Wildman–Crippen MR) is 136 cm³/mol. The van der Waals surface area contributed by atoms with Crippen molar-refractivity contribution >= 4 is 46.2 Å². The number of nitrogens with one attached hydrogen (secondary N) is 2. The van der Waals surface area contributed by atoms with Crippen molar-refractivity contribution in [2.24, 2.45) is 16.6 Å². The molecule has 0 unspecified atom stereocenters. The molecule has 2 amide bonds. The van der Waals surface area contributed by atoms with E-state index in [1.807, 2.05) is 0 Å². The second-order valence-electron chi connectivity index (χ2n) is 9.45. The highest BCUT2D eigenvalue weighted by molar-refractivity contribution is 6.31. The summed E-state index contributed by atoms with van der Waals surface area (Å²) in [5.41, 5.74) is 5.11.